The van der Waals surface area contributed by atoms with Crippen molar-refractivity contribution >= 4 is 29.0 Å². The highest BCUT2D eigenvalue weighted by atomic mass is 16.6. The molecule has 0 heterocycles. The number of nitrogens with zero attached hydrogens (tertiary/aromatic N) is 3. The molecule has 0 fully saturated rings. The molecule has 10 nitrogen and oxygen atoms in total. The molecule has 3 aromatic rings. The molecule has 0 radical (unpaired) electrons. The molecule has 0 aromatic heterocycles. The highest BCUT2D eigenvalue weighted by molar-refractivity contribution is 6.10. The number of para-hydroxylation sites is 1. The maximum absolute atomic E-state index is 12.7. The van der Waals surface area contributed by atoms with Crippen LogP contribution in [0, 0.1) is 45.4 Å². The van der Waals surface area contributed by atoms with Gasteiger partial charge in [0.05, 0.1) is 15.9 Å². The minimum Gasteiger partial charge on any atom is -0.449 e. The molecule has 3 rings (SSSR count). The fourth-order valence-electron chi connectivity index (χ4n) is 3.11. The zero-order chi connectivity index (χ0) is 24.8. The Kier molecular flexibility index (Phi) is 6.98. The van der Waals surface area contributed by atoms with E-state index >= 15 is 0 Å². The molecule has 170 valence electrons. The first-order chi connectivity index (χ1) is 16.2. The van der Waals surface area contributed by atoms with Gasteiger partial charge in [0, 0.05) is 17.3 Å². The van der Waals surface area contributed by atoms with Gasteiger partial charge in [0.15, 0.2) is 0 Å². The average Bonchev–Trinajstić information content (AvgIpc) is 2.80. The van der Waals surface area contributed by atoms with Crippen molar-refractivity contribution in [3.05, 3.63) is 103 Å². The lowest BCUT2D eigenvalue weighted by Gasteiger charge is -2.11. The first-order valence-electron chi connectivity index (χ1n) is 9.89. The van der Waals surface area contributed by atoms with Crippen molar-refractivity contribution in [2.24, 2.45) is 0 Å². The van der Waals surface area contributed by atoms with Crippen LogP contribution < -0.4 is 10.1 Å². The van der Waals surface area contributed by atoms with E-state index in [-0.39, 0.29) is 17.1 Å². The fraction of sp³-hybridized carbons (Fsp3) is 0.0833. The number of non-ortho nitro benzene ring substituents is 1. The molecule has 34 heavy (non-hydrogen) atoms. The highest BCUT2D eigenvalue weighted by Gasteiger charge is 2.22. The Balaban J connectivity index is 1.94. The molecule has 0 spiro atoms. The highest BCUT2D eigenvalue weighted by Crippen LogP contribution is 2.36. The minimum absolute atomic E-state index is 0.117. The van der Waals surface area contributed by atoms with E-state index in [2.05, 4.69) is 5.32 Å². The van der Waals surface area contributed by atoms with Crippen LogP contribution >= 0.6 is 0 Å². The van der Waals surface area contributed by atoms with Crippen LogP contribution in [-0.4, -0.2) is 15.8 Å². The van der Waals surface area contributed by atoms with Gasteiger partial charge in [0.2, 0.25) is 5.75 Å². The quantitative estimate of drug-likeness (QED) is 0.214. The molecular weight excluding hydrogens is 440 g/mol. The van der Waals surface area contributed by atoms with Gasteiger partial charge in [-0.05, 0) is 43.7 Å². The molecule has 3 aromatic carbocycles. The van der Waals surface area contributed by atoms with E-state index in [0.717, 1.165) is 29.3 Å². The Hall–Kier alpha value is -5.04. The molecular formula is C24H18N4O6. The fourth-order valence-corrected chi connectivity index (χ4v) is 3.11. The molecule has 0 saturated carbocycles. The van der Waals surface area contributed by atoms with Crippen LogP contribution in [0.2, 0.25) is 0 Å². The van der Waals surface area contributed by atoms with Crippen molar-refractivity contribution in [3.63, 3.8) is 0 Å². The summed E-state index contributed by atoms with van der Waals surface area (Å²) in [4.78, 5) is 33.5. The third-order valence-electron chi connectivity index (χ3n) is 4.78. The number of nitrogens with one attached hydrogen (secondary N) is 1. The number of anilines is 1. The number of ether oxygens (including phenoxy) is 1. The predicted octanol–water partition coefficient (Wildman–Crippen LogP) is 5.46. The van der Waals surface area contributed by atoms with E-state index in [9.17, 15) is 30.3 Å². The van der Waals surface area contributed by atoms with Gasteiger partial charge in [-0.2, -0.15) is 5.26 Å². The Morgan fingerprint density at radius 2 is 1.74 bits per heavy atom. The lowest BCUT2D eigenvalue weighted by molar-refractivity contribution is -0.394. The normalized spacial score (nSPS) is 10.8. The standard InChI is InChI=1S/C24H18N4O6/c1-15-7-9-20(16(2)11-15)26-24(29)18(14-25)12-17-5-3-4-6-22(17)34-23-10-8-19(27(30)31)13-21(23)28(32)33/h3-13H,1-2H3,(H,26,29)/b18-12+. The van der Waals surface area contributed by atoms with Gasteiger partial charge in [-0.3, -0.25) is 25.0 Å². The van der Waals surface area contributed by atoms with Gasteiger partial charge in [0.1, 0.15) is 17.4 Å². The number of amides is 1. The summed E-state index contributed by atoms with van der Waals surface area (Å²) in [5, 5.41) is 34.6. The van der Waals surface area contributed by atoms with E-state index in [1.54, 1.807) is 24.3 Å². The van der Waals surface area contributed by atoms with Gasteiger partial charge >= 0.3 is 5.69 Å². The molecule has 10 heteroatoms. The Bertz CT molecular complexity index is 1370. The maximum Gasteiger partial charge on any atom is 0.318 e. The molecule has 0 unspecified atom stereocenters. The molecule has 0 atom stereocenters. The molecule has 0 aliphatic heterocycles. The summed E-state index contributed by atoms with van der Waals surface area (Å²) >= 11 is 0. The summed E-state index contributed by atoms with van der Waals surface area (Å²) in [6.45, 7) is 3.75. The average molecular weight is 458 g/mol. The number of carbonyl (C=O) groups is 1. The SMILES string of the molecule is Cc1ccc(NC(=O)/C(C#N)=C/c2ccccc2Oc2ccc([N+](=O)[O-])cc2[N+](=O)[O-])c(C)c1. The maximum atomic E-state index is 12.7. The van der Waals surface area contributed by atoms with Crippen molar-refractivity contribution in [2.75, 3.05) is 5.32 Å². The number of hydrogen-bond acceptors (Lipinski definition) is 7. The van der Waals surface area contributed by atoms with Crippen LogP contribution in [0.3, 0.4) is 0 Å². The van der Waals surface area contributed by atoms with Gasteiger partial charge in [-0.1, -0.05) is 35.9 Å². The Labute approximate surface area is 194 Å². The van der Waals surface area contributed by atoms with E-state index in [0.29, 0.717) is 11.3 Å². The molecule has 1 amide bonds. The van der Waals surface area contributed by atoms with Crippen molar-refractivity contribution < 1.29 is 19.4 Å². The van der Waals surface area contributed by atoms with Gasteiger partial charge in [-0.15, -0.1) is 0 Å². The second kappa shape index (κ2) is 10.1. The van der Waals surface area contributed by atoms with Crippen molar-refractivity contribution in [1.29, 1.82) is 5.26 Å². The first-order valence-corrected chi connectivity index (χ1v) is 9.89. The third-order valence-corrected chi connectivity index (χ3v) is 4.78. The lowest BCUT2D eigenvalue weighted by atomic mass is 10.1. The van der Waals surface area contributed by atoms with Crippen LogP contribution in [0.4, 0.5) is 17.1 Å². The molecule has 0 aliphatic carbocycles. The Morgan fingerprint density at radius 3 is 2.38 bits per heavy atom. The largest absolute Gasteiger partial charge is 0.449 e. The lowest BCUT2D eigenvalue weighted by Crippen LogP contribution is -2.14. The summed E-state index contributed by atoms with van der Waals surface area (Å²) in [7, 11) is 0. The summed E-state index contributed by atoms with van der Waals surface area (Å²) in [6.07, 6.45) is 1.30. The number of hydrogen-bond donors (Lipinski definition) is 1. The summed E-state index contributed by atoms with van der Waals surface area (Å²) < 4.78 is 5.66. The zero-order valence-electron chi connectivity index (χ0n) is 18.1. The van der Waals surface area contributed by atoms with Crippen LogP contribution in [0.25, 0.3) is 6.08 Å². The van der Waals surface area contributed by atoms with Crippen LogP contribution in [0.15, 0.2) is 66.2 Å². The number of nitriles is 1. The molecule has 1 N–H and O–H groups in total. The number of aryl methyl sites for hydroxylation is 2. The number of carbonyl (C=O) groups excluding carboxylic acids is 1. The summed E-state index contributed by atoms with van der Waals surface area (Å²) in [5.41, 5.74) is 1.46. The van der Waals surface area contributed by atoms with E-state index in [1.807, 2.05) is 32.0 Å². The smallest absolute Gasteiger partial charge is 0.318 e. The van der Waals surface area contributed by atoms with Crippen LogP contribution in [0.1, 0.15) is 16.7 Å². The second-order valence-corrected chi connectivity index (χ2v) is 7.25. The minimum atomic E-state index is -0.793. The van der Waals surface area contributed by atoms with Crippen LogP contribution in [0.5, 0.6) is 11.5 Å². The first kappa shape index (κ1) is 23.6. The van der Waals surface area contributed by atoms with Gasteiger partial charge in [-0.25, -0.2) is 0 Å². The molecule has 0 bridgehead atoms. The van der Waals surface area contributed by atoms with E-state index < -0.39 is 27.1 Å². The van der Waals surface area contributed by atoms with E-state index in [1.165, 1.54) is 12.1 Å². The summed E-state index contributed by atoms with van der Waals surface area (Å²) in [6, 6.07) is 16.6. The summed E-state index contributed by atoms with van der Waals surface area (Å²) in [5.74, 6) is -0.744. The van der Waals surface area contributed by atoms with Crippen molar-refractivity contribution in [1.82, 2.24) is 0 Å². The van der Waals surface area contributed by atoms with Crippen LogP contribution in [-0.2, 0) is 4.79 Å². The predicted molar refractivity (Wildman–Crippen MR) is 124 cm³/mol. The molecule has 0 aliphatic rings. The van der Waals surface area contributed by atoms with Gasteiger partial charge in [0.25, 0.3) is 11.6 Å². The number of nitro groups is 2. The number of rotatable bonds is 7. The topological polar surface area (TPSA) is 148 Å². The molecule has 0 saturated heterocycles. The van der Waals surface area contributed by atoms with Gasteiger partial charge < -0.3 is 10.1 Å². The van der Waals surface area contributed by atoms with Crippen molar-refractivity contribution in [2.45, 2.75) is 13.8 Å². The van der Waals surface area contributed by atoms with Crippen molar-refractivity contribution in [3.8, 4) is 17.6 Å². The Morgan fingerprint density at radius 1 is 1.00 bits per heavy atom. The third kappa shape index (κ3) is 5.41. The zero-order valence-corrected chi connectivity index (χ0v) is 18.1. The number of nitro benzene ring substituents is 2. The number of benzene rings is 3. The monoisotopic (exact) mass is 458 g/mol. The van der Waals surface area contributed by atoms with E-state index in [4.69, 9.17) is 4.74 Å². The second-order valence-electron chi connectivity index (χ2n) is 7.25.